The average Bonchev–Trinajstić information content (AvgIpc) is 3.07. The van der Waals surface area contributed by atoms with E-state index in [4.69, 9.17) is 4.74 Å². The van der Waals surface area contributed by atoms with E-state index in [9.17, 15) is 9.59 Å². The Balaban J connectivity index is 1.25. The third kappa shape index (κ3) is 6.13. The number of hydrogen-bond donors (Lipinski definition) is 2. The molecule has 8 heteroatoms. The van der Waals surface area contributed by atoms with Gasteiger partial charge in [-0.25, -0.2) is 0 Å². The van der Waals surface area contributed by atoms with E-state index in [2.05, 4.69) is 31.5 Å². The Morgan fingerprint density at radius 1 is 0.767 bits per heavy atom. The molecule has 0 unspecified atom stereocenters. The molecule has 216 valence electrons. The molecule has 2 N–H and O–H groups in total. The Labute approximate surface area is 250 Å². The highest BCUT2D eigenvalue weighted by molar-refractivity contribution is 6.13. The number of rotatable bonds is 8. The summed E-state index contributed by atoms with van der Waals surface area (Å²) in [6, 6.07) is 30.8. The zero-order valence-electron chi connectivity index (χ0n) is 24.0. The summed E-state index contributed by atoms with van der Waals surface area (Å²) in [4.78, 5) is 35.7. The SMILES string of the molecule is COc1ccccc1N1CCN(c2ccc(NC(=O)c3cccc4ccccc34)cc2C(=O)NCc2cccnc2)CC1. The molecule has 1 fully saturated rings. The van der Waals surface area contributed by atoms with Gasteiger partial charge < -0.3 is 25.2 Å². The molecule has 0 spiro atoms. The van der Waals surface area contributed by atoms with Crippen molar-refractivity contribution in [1.29, 1.82) is 0 Å². The minimum atomic E-state index is -0.225. The molecule has 2 heterocycles. The van der Waals surface area contributed by atoms with Gasteiger partial charge in [-0.1, -0.05) is 54.6 Å². The summed E-state index contributed by atoms with van der Waals surface area (Å²) < 4.78 is 5.58. The van der Waals surface area contributed by atoms with Gasteiger partial charge in [0.05, 0.1) is 18.4 Å². The number of nitrogens with one attached hydrogen (secondary N) is 2. The zero-order chi connectivity index (χ0) is 29.6. The monoisotopic (exact) mass is 571 g/mol. The van der Waals surface area contributed by atoms with Gasteiger partial charge in [-0.05, 0) is 58.8 Å². The molecular weight excluding hydrogens is 538 g/mol. The Morgan fingerprint density at radius 3 is 2.30 bits per heavy atom. The number of fused-ring (bicyclic) bond motifs is 1. The van der Waals surface area contributed by atoms with Crippen LogP contribution in [0.3, 0.4) is 0 Å². The van der Waals surface area contributed by atoms with Gasteiger partial charge in [-0.15, -0.1) is 0 Å². The van der Waals surface area contributed by atoms with Crippen LogP contribution in [-0.2, 0) is 6.54 Å². The number of amides is 2. The molecule has 4 aromatic carbocycles. The number of anilines is 3. The number of methoxy groups -OCH3 is 1. The zero-order valence-corrected chi connectivity index (χ0v) is 24.0. The first kappa shape index (κ1) is 27.8. The minimum absolute atomic E-state index is 0.215. The molecule has 0 radical (unpaired) electrons. The molecule has 1 saturated heterocycles. The molecular formula is C35H33N5O3. The molecule has 5 aromatic rings. The number of benzene rings is 4. The van der Waals surface area contributed by atoms with E-state index in [-0.39, 0.29) is 11.8 Å². The van der Waals surface area contributed by atoms with Gasteiger partial charge in [0.25, 0.3) is 11.8 Å². The fourth-order valence-corrected chi connectivity index (χ4v) is 5.55. The number of ether oxygens (including phenoxy) is 1. The maximum Gasteiger partial charge on any atom is 0.256 e. The first-order chi connectivity index (χ1) is 21.1. The average molecular weight is 572 g/mol. The fourth-order valence-electron chi connectivity index (χ4n) is 5.55. The van der Waals surface area contributed by atoms with Crippen LogP contribution in [0.15, 0.2) is 109 Å². The number of para-hydroxylation sites is 2. The van der Waals surface area contributed by atoms with Crippen molar-refractivity contribution in [2.75, 3.05) is 48.4 Å². The second-order valence-corrected chi connectivity index (χ2v) is 10.4. The Bertz CT molecular complexity index is 1740. The van der Waals surface area contributed by atoms with E-state index >= 15 is 0 Å². The quantitative estimate of drug-likeness (QED) is 0.247. The lowest BCUT2D eigenvalue weighted by molar-refractivity contribution is 0.0950. The van der Waals surface area contributed by atoms with Crippen molar-refractivity contribution >= 4 is 39.6 Å². The van der Waals surface area contributed by atoms with E-state index in [1.165, 1.54) is 0 Å². The van der Waals surface area contributed by atoms with Gasteiger partial charge in [0.15, 0.2) is 0 Å². The fraction of sp³-hybridized carbons (Fsp3) is 0.171. The van der Waals surface area contributed by atoms with Gasteiger partial charge in [0, 0.05) is 62.1 Å². The molecule has 43 heavy (non-hydrogen) atoms. The second-order valence-electron chi connectivity index (χ2n) is 10.4. The Hall–Kier alpha value is -5.37. The summed E-state index contributed by atoms with van der Waals surface area (Å²) in [5.74, 6) is 0.404. The summed E-state index contributed by atoms with van der Waals surface area (Å²) in [6.07, 6.45) is 3.44. The third-order valence-corrected chi connectivity index (χ3v) is 7.76. The Kier molecular flexibility index (Phi) is 8.17. The van der Waals surface area contributed by atoms with Gasteiger partial charge in [0.2, 0.25) is 0 Å². The maximum absolute atomic E-state index is 13.6. The molecule has 1 aliphatic rings. The van der Waals surface area contributed by atoms with E-state index < -0.39 is 0 Å². The lowest BCUT2D eigenvalue weighted by Crippen LogP contribution is -2.47. The first-order valence-electron chi connectivity index (χ1n) is 14.3. The predicted molar refractivity (Wildman–Crippen MR) is 171 cm³/mol. The second kappa shape index (κ2) is 12.7. The maximum atomic E-state index is 13.6. The highest BCUT2D eigenvalue weighted by atomic mass is 16.5. The topological polar surface area (TPSA) is 86.8 Å². The molecule has 0 aliphatic carbocycles. The van der Waals surface area contributed by atoms with Crippen LogP contribution in [-0.4, -0.2) is 50.1 Å². The van der Waals surface area contributed by atoms with Crippen molar-refractivity contribution in [2.45, 2.75) is 6.54 Å². The molecule has 1 aromatic heterocycles. The molecule has 6 rings (SSSR count). The van der Waals surface area contributed by atoms with Crippen LogP contribution in [0, 0.1) is 0 Å². The van der Waals surface area contributed by atoms with E-state index in [1.54, 1.807) is 25.6 Å². The third-order valence-electron chi connectivity index (χ3n) is 7.76. The lowest BCUT2D eigenvalue weighted by atomic mass is 10.0. The standard InChI is InChI=1S/C35H33N5O3/c1-43-33-14-5-4-13-32(33)40-20-18-39(19-21-40)31-16-15-27(22-30(31)34(41)37-24-25-8-7-17-36-23-25)38-35(42)29-12-6-10-26-9-2-3-11-28(26)29/h2-17,22-23H,18-21,24H2,1H3,(H,37,41)(H,38,42). The van der Waals surface area contributed by atoms with Crippen molar-refractivity contribution in [3.63, 3.8) is 0 Å². The summed E-state index contributed by atoms with van der Waals surface area (Å²) in [6.45, 7) is 3.35. The summed E-state index contributed by atoms with van der Waals surface area (Å²) in [5.41, 5.74) is 4.43. The van der Waals surface area contributed by atoms with E-state index in [1.807, 2.05) is 84.9 Å². The van der Waals surface area contributed by atoms with Crippen molar-refractivity contribution in [1.82, 2.24) is 10.3 Å². The van der Waals surface area contributed by atoms with Crippen molar-refractivity contribution < 1.29 is 14.3 Å². The van der Waals surface area contributed by atoms with Gasteiger partial charge in [-0.2, -0.15) is 0 Å². The molecule has 0 bridgehead atoms. The van der Waals surface area contributed by atoms with Crippen LogP contribution in [0.25, 0.3) is 10.8 Å². The minimum Gasteiger partial charge on any atom is -0.495 e. The largest absolute Gasteiger partial charge is 0.495 e. The first-order valence-corrected chi connectivity index (χ1v) is 14.3. The van der Waals surface area contributed by atoms with Crippen LogP contribution < -0.4 is 25.2 Å². The number of carbonyl (C=O) groups is 2. The molecule has 0 atom stereocenters. The summed E-state index contributed by atoms with van der Waals surface area (Å²) in [7, 11) is 1.69. The summed E-state index contributed by atoms with van der Waals surface area (Å²) in [5, 5.41) is 7.93. The molecule has 0 saturated carbocycles. The number of nitrogens with zero attached hydrogens (tertiary/aromatic N) is 3. The van der Waals surface area contributed by atoms with Crippen LogP contribution in [0.5, 0.6) is 5.75 Å². The number of aromatic nitrogens is 1. The van der Waals surface area contributed by atoms with Crippen molar-refractivity contribution in [3.05, 3.63) is 126 Å². The van der Waals surface area contributed by atoms with Gasteiger partial charge >= 0.3 is 0 Å². The molecule has 8 nitrogen and oxygen atoms in total. The normalized spacial score (nSPS) is 13.0. The number of hydrogen-bond acceptors (Lipinski definition) is 6. The summed E-state index contributed by atoms with van der Waals surface area (Å²) >= 11 is 0. The number of piperazine rings is 1. The number of carbonyl (C=O) groups excluding carboxylic acids is 2. The van der Waals surface area contributed by atoms with Crippen molar-refractivity contribution in [3.8, 4) is 5.75 Å². The van der Waals surface area contributed by atoms with Crippen LogP contribution in [0.4, 0.5) is 17.1 Å². The van der Waals surface area contributed by atoms with E-state index in [0.29, 0.717) is 23.4 Å². The highest BCUT2D eigenvalue weighted by Gasteiger charge is 2.24. The van der Waals surface area contributed by atoms with Gasteiger partial charge in [0.1, 0.15) is 5.75 Å². The predicted octanol–water partition coefficient (Wildman–Crippen LogP) is 5.75. The lowest BCUT2D eigenvalue weighted by Gasteiger charge is -2.38. The van der Waals surface area contributed by atoms with Crippen molar-refractivity contribution in [2.24, 2.45) is 0 Å². The van der Waals surface area contributed by atoms with Crippen LogP contribution >= 0.6 is 0 Å². The molecule has 2 amide bonds. The van der Waals surface area contributed by atoms with Crippen LogP contribution in [0.2, 0.25) is 0 Å². The molecule has 1 aliphatic heterocycles. The van der Waals surface area contributed by atoms with Gasteiger partial charge in [-0.3, -0.25) is 14.6 Å². The van der Waals surface area contributed by atoms with Crippen LogP contribution in [0.1, 0.15) is 26.3 Å². The Morgan fingerprint density at radius 2 is 1.51 bits per heavy atom. The highest BCUT2D eigenvalue weighted by Crippen LogP contribution is 2.31. The smallest absolute Gasteiger partial charge is 0.256 e. The van der Waals surface area contributed by atoms with E-state index in [0.717, 1.165) is 59.6 Å². The number of pyridine rings is 1.